The quantitative estimate of drug-likeness (QED) is 0.466. The van der Waals surface area contributed by atoms with E-state index in [4.69, 9.17) is 26.2 Å². The molecule has 150 valence electrons. The molecule has 0 bridgehead atoms. The Morgan fingerprint density at radius 3 is 2.62 bits per heavy atom. The number of aromatic nitrogens is 2. The van der Waals surface area contributed by atoms with Crippen LogP contribution in [0.4, 0.5) is 5.69 Å². The summed E-state index contributed by atoms with van der Waals surface area (Å²) in [5.41, 5.74) is 2.89. The van der Waals surface area contributed by atoms with Crippen molar-refractivity contribution in [3.8, 4) is 17.1 Å². The van der Waals surface area contributed by atoms with Crippen LogP contribution in [0.2, 0.25) is 0 Å². The molecule has 0 aliphatic rings. The maximum atomic E-state index is 11.7. The molecule has 0 spiro atoms. The zero-order valence-electron chi connectivity index (χ0n) is 16.2. The van der Waals surface area contributed by atoms with Crippen LogP contribution in [-0.4, -0.2) is 35.4 Å². The number of hydrogen-bond donors (Lipinski definition) is 2. The Balaban J connectivity index is 1.60. The van der Waals surface area contributed by atoms with Crippen LogP contribution in [0.5, 0.6) is 5.75 Å². The van der Waals surface area contributed by atoms with Gasteiger partial charge in [0.1, 0.15) is 5.75 Å². The van der Waals surface area contributed by atoms with Gasteiger partial charge in [0.15, 0.2) is 5.11 Å². The fourth-order valence-electron chi connectivity index (χ4n) is 2.51. The number of rotatable bonds is 6. The zero-order valence-corrected chi connectivity index (χ0v) is 17.0. The van der Waals surface area contributed by atoms with Crippen LogP contribution < -0.4 is 15.4 Å². The normalized spacial score (nSPS) is 10.3. The lowest BCUT2D eigenvalue weighted by molar-refractivity contribution is 0.0601. The molecule has 0 saturated carbocycles. The van der Waals surface area contributed by atoms with Gasteiger partial charge in [-0.25, -0.2) is 4.79 Å². The number of hydrogen-bond acceptors (Lipinski definition) is 7. The third-order valence-electron chi connectivity index (χ3n) is 4.12. The summed E-state index contributed by atoms with van der Waals surface area (Å²) >= 11 is 5.32. The number of nitrogens with zero attached hydrogens (tertiary/aromatic N) is 2. The molecule has 0 aliphatic heterocycles. The maximum Gasteiger partial charge on any atom is 0.337 e. The van der Waals surface area contributed by atoms with Crippen molar-refractivity contribution >= 4 is 29.0 Å². The highest BCUT2D eigenvalue weighted by Crippen LogP contribution is 2.20. The van der Waals surface area contributed by atoms with E-state index >= 15 is 0 Å². The summed E-state index contributed by atoms with van der Waals surface area (Å²) < 4.78 is 15.1. The van der Waals surface area contributed by atoms with E-state index in [2.05, 4.69) is 20.8 Å². The van der Waals surface area contributed by atoms with Crippen molar-refractivity contribution < 1.29 is 18.8 Å². The van der Waals surface area contributed by atoms with E-state index in [-0.39, 0.29) is 6.54 Å². The number of carbonyl (C=O) groups is 1. The second kappa shape index (κ2) is 9.16. The number of carbonyl (C=O) groups excluding carboxylic acids is 1. The molecule has 0 unspecified atom stereocenters. The first kappa shape index (κ1) is 20.3. The lowest BCUT2D eigenvalue weighted by Crippen LogP contribution is -2.28. The number of anilines is 1. The molecule has 2 N–H and O–H groups in total. The summed E-state index contributed by atoms with van der Waals surface area (Å²) in [7, 11) is 2.95. The van der Waals surface area contributed by atoms with Crippen LogP contribution in [-0.2, 0) is 11.3 Å². The molecule has 2 aromatic carbocycles. The molecule has 1 aromatic heterocycles. The third-order valence-corrected chi connectivity index (χ3v) is 4.37. The van der Waals surface area contributed by atoms with Crippen LogP contribution in [0.15, 0.2) is 47.0 Å². The van der Waals surface area contributed by atoms with E-state index in [9.17, 15) is 4.79 Å². The van der Waals surface area contributed by atoms with Crippen LogP contribution >= 0.6 is 12.2 Å². The highest BCUT2D eigenvalue weighted by molar-refractivity contribution is 7.80. The van der Waals surface area contributed by atoms with Crippen molar-refractivity contribution in [3.63, 3.8) is 0 Å². The molecule has 3 aromatic rings. The second-order valence-electron chi connectivity index (χ2n) is 6.07. The molecule has 0 radical (unpaired) electrons. The largest absolute Gasteiger partial charge is 0.497 e. The van der Waals surface area contributed by atoms with Gasteiger partial charge in [0.05, 0.1) is 26.3 Å². The average Bonchev–Trinajstić information content (AvgIpc) is 3.22. The summed E-state index contributed by atoms with van der Waals surface area (Å²) in [5, 5.41) is 10.4. The molecule has 0 atom stereocenters. The van der Waals surface area contributed by atoms with E-state index in [0.717, 1.165) is 16.9 Å². The lowest BCUT2D eigenvalue weighted by Gasteiger charge is -2.12. The van der Waals surface area contributed by atoms with E-state index in [1.807, 2.05) is 37.3 Å². The van der Waals surface area contributed by atoms with Gasteiger partial charge in [0, 0.05) is 11.3 Å². The Hall–Kier alpha value is -3.46. The highest BCUT2D eigenvalue weighted by atomic mass is 32.1. The number of ether oxygens (including phenoxy) is 2. The first-order valence-electron chi connectivity index (χ1n) is 8.71. The average molecular weight is 412 g/mol. The number of aryl methyl sites for hydroxylation is 1. The Morgan fingerprint density at radius 2 is 1.93 bits per heavy atom. The van der Waals surface area contributed by atoms with Gasteiger partial charge in [0.2, 0.25) is 11.7 Å². The van der Waals surface area contributed by atoms with Crippen molar-refractivity contribution in [1.82, 2.24) is 15.5 Å². The first-order chi connectivity index (χ1) is 14.0. The first-order valence-corrected chi connectivity index (χ1v) is 9.12. The number of esters is 1. The fourth-order valence-corrected chi connectivity index (χ4v) is 2.69. The molecule has 0 fully saturated rings. The monoisotopic (exact) mass is 412 g/mol. The highest BCUT2D eigenvalue weighted by Gasteiger charge is 2.11. The zero-order chi connectivity index (χ0) is 20.8. The van der Waals surface area contributed by atoms with Crippen molar-refractivity contribution in [3.05, 3.63) is 59.5 Å². The Labute approximate surface area is 173 Å². The standard InChI is InChI=1S/C20H20N4O4S/c1-12-4-5-14(19(25)27-3)10-16(12)22-20(29)21-11-17-23-18(24-28-17)13-6-8-15(26-2)9-7-13/h4-10H,11H2,1-3H3,(H2,21,22,29). The molecular formula is C20H20N4O4S. The second-order valence-corrected chi connectivity index (χ2v) is 6.48. The number of nitrogens with one attached hydrogen (secondary N) is 2. The number of thiocarbonyl (C=S) groups is 1. The van der Waals surface area contributed by atoms with Crippen LogP contribution in [0.3, 0.4) is 0 Å². The van der Waals surface area contributed by atoms with Crippen molar-refractivity contribution in [2.45, 2.75) is 13.5 Å². The number of benzene rings is 2. The Kier molecular flexibility index (Phi) is 6.40. The Bertz CT molecular complexity index is 1020. The molecule has 0 saturated heterocycles. The summed E-state index contributed by atoms with van der Waals surface area (Å²) in [6.07, 6.45) is 0. The van der Waals surface area contributed by atoms with Crippen molar-refractivity contribution in [2.24, 2.45) is 0 Å². The molecule has 8 nitrogen and oxygen atoms in total. The van der Waals surface area contributed by atoms with Gasteiger partial charge < -0.3 is 24.6 Å². The molecule has 29 heavy (non-hydrogen) atoms. The topological polar surface area (TPSA) is 98.5 Å². The summed E-state index contributed by atoms with van der Waals surface area (Å²) in [4.78, 5) is 16.0. The van der Waals surface area contributed by atoms with Gasteiger partial charge in [0.25, 0.3) is 0 Å². The van der Waals surface area contributed by atoms with Gasteiger partial charge in [-0.2, -0.15) is 4.98 Å². The van der Waals surface area contributed by atoms with Crippen molar-refractivity contribution in [2.75, 3.05) is 19.5 Å². The molecule has 1 heterocycles. The van der Waals surface area contributed by atoms with E-state index in [1.165, 1.54) is 7.11 Å². The van der Waals surface area contributed by atoms with Gasteiger partial charge in [-0.1, -0.05) is 11.2 Å². The minimum absolute atomic E-state index is 0.255. The van der Waals surface area contributed by atoms with Gasteiger partial charge in [-0.05, 0) is 61.1 Å². The predicted molar refractivity (Wildman–Crippen MR) is 112 cm³/mol. The van der Waals surface area contributed by atoms with Gasteiger partial charge in [-0.3, -0.25) is 0 Å². The SMILES string of the molecule is COC(=O)c1ccc(C)c(NC(=S)NCc2nc(-c3ccc(OC)cc3)no2)c1. The van der Waals surface area contributed by atoms with Crippen LogP contribution in [0, 0.1) is 6.92 Å². The summed E-state index contributed by atoms with van der Waals surface area (Å²) in [6, 6.07) is 12.6. The molecule has 0 aliphatic carbocycles. The lowest BCUT2D eigenvalue weighted by atomic mass is 10.1. The minimum atomic E-state index is -0.413. The van der Waals surface area contributed by atoms with Crippen molar-refractivity contribution in [1.29, 1.82) is 0 Å². The molecule has 0 amide bonds. The van der Waals surface area contributed by atoms with Crippen LogP contribution in [0.25, 0.3) is 11.4 Å². The molecule has 3 rings (SSSR count). The summed E-state index contributed by atoms with van der Waals surface area (Å²) in [5.74, 6) is 1.20. The Morgan fingerprint density at radius 1 is 1.17 bits per heavy atom. The van der Waals surface area contributed by atoms with Gasteiger partial charge >= 0.3 is 5.97 Å². The molecular weight excluding hydrogens is 392 g/mol. The number of methoxy groups -OCH3 is 2. The fraction of sp³-hybridized carbons (Fsp3) is 0.200. The van der Waals surface area contributed by atoms with Crippen LogP contribution in [0.1, 0.15) is 21.8 Å². The molecule has 9 heteroatoms. The van der Waals surface area contributed by atoms with Gasteiger partial charge in [-0.15, -0.1) is 0 Å². The van der Waals surface area contributed by atoms with E-state index < -0.39 is 5.97 Å². The van der Waals surface area contributed by atoms with E-state index in [0.29, 0.717) is 28.1 Å². The minimum Gasteiger partial charge on any atom is -0.497 e. The smallest absolute Gasteiger partial charge is 0.337 e. The maximum absolute atomic E-state index is 11.7. The summed E-state index contributed by atoms with van der Waals surface area (Å²) in [6.45, 7) is 2.16. The van der Waals surface area contributed by atoms with E-state index in [1.54, 1.807) is 19.2 Å². The predicted octanol–water partition coefficient (Wildman–Crippen LogP) is 3.33. The third kappa shape index (κ3) is 5.08.